The molecule has 7 aromatic rings. The minimum absolute atomic E-state index is 0.744. The first kappa shape index (κ1) is 15.4. The van der Waals surface area contributed by atoms with Crippen molar-refractivity contribution in [3.8, 4) is 0 Å². The van der Waals surface area contributed by atoms with Crippen LogP contribution < -0.4 is 0 Å². The lowest BCUT2D eigenvalue weighted by Gasteiger charge is -2.08. The summed E-state index contributed by atoms with van der Waals surface area (Å²) in [4.78, 5) is 7.37. The first-order chi connectivity index (χ1) is 14.3. The van der Waals surface area contributed by atoms with Crippen molar-refractivity contribution in [3.05, 3.63) is 83.9 Å². The van der Waals surface area contributed by atoms with E-state index in [1.54, 1.807) is 0 Å². The highest BCUT2D eigenvalue weighted by Gasteiger charge is 2.17. The summed E-state index contributed by atoms with van der Waals surface area (Å²) < 4.78 is 0. The van der Waals surface area contributed by atoms with E-state index in [9.17, 15) is 0 Å². The van der Waals surface area contributed by atoms with E-state index in [0.29, 0.717) is 0 Å². The Bertz CT molecular complexity index is 1770. The average molecular weight is 391 g/mol. The van der Waals surface area contributed by atoms with E-state index in [4.69, 9.17) is 11.6 Å². The second-order valence-electron chi connectivity index (χ2n) is 7.69. The normalized spacial score (nSPS) is 12.3. The number of nitrogens with one attached hydrogen (secondary N) is 2. The summed E-state index contributed by atoms with van der Waals surface area (Å²) in [5.74, 6) is 0. The van der Waals surface area contributed by atoms with Crippen molar-refractivity contribution in [2.45, 2.75) is 0 Å². The maximum absolute atomic E-state index is 6.31. The van der Waals surface area contributed by atoms with Gasteiger partial charge < -0.3 is 9.97 Å². The molecule has 5 aromatic carbocycles. The van der Waals surface area contributed by atoms with Crippen LogP contribution in [0, 0.1) is 0 Å². The maximum atomic E-state index is 6.31. The lowest BCUT2D eigenvalue weighted by molar-refractivity contribution is 1.55. The Morgan fingerprint density at radius 3 is 2.03 bits per heavy atom. The lowest BCUT2D eigenvalue weighted by atomic mass is 9.95. The van der Waals surface area contributed by atoms with Gasteiger partial charge in [0.25, 0.3) is 0 Å². The standard InChI is InChI=1S/C26H15ClN2/c27-14-9-10-20-22(13-14)29-26-23(20)17-7-2-1-5-15(17)18-11-12-19-16-6-3-4-8-21(16)28-25(19)24(18)26/h1-13,28-29H. The zero-order valence-electron chi connectivity index (χ0n) is 15.4. The largest absolute Gasteiger partial charge is 0.354 e. The van der Waals surface area contributed by atoms with Crippen LogP contribution in [0.4, 0.5) is 0 Å². The molecule has 7 rings (SSSR count). The molecule has 2 aromatic heterocycles. The summed E-state index contributed by atoms with van der Waals surface area (Å²) in [7, 11) is 0. The van der Waals surface area contributed by atoms with Crippen LogP contribution in [0.25, 0.3) is 65.2 Å². The van der Waals surface area contributed by atoms with Crippen molar-refractivity contribution < 1.29 is 0 Å². The fraction of sp³-hybridized carbons (Fsp3) is 0. The summed E-state index contributed by atoms with van der Waals surface area (Å²) in [6.45, 7) is 0. The molecule has 29 heavy (non-hydrogen) atoms. The van der Waals surface area contributed by atoms with Crippen LogP contribution in [0.5, 0.6) is 0 Å². The van der Waals surface area contributed by atoms with Crippen LogP contribution in [0.3, 0.4) is 0 Å². The molecule has 0 saturated heterocycles. The maximum Gasteiger partial charge on any atom is 0.0572 e. The van der Waals surface area contributed by atoms with Gasteiger partial charge in [-0.2, -0.15) is 0 Å². The Labute approximate surface area is 170 Å². The van der Waals surface area contributed by atoms with Gasteiger partial charge in [0.05, 0.1) is 11.0 Å². The van der Waals surface area contributed by atoms with Crippen molar-refractivity contribution in [2.75, 3.05) is 0 Å². The number of rotatable bonds is 0. The smallest absolute Gasteiger partial charge is 0.0572 e. The lowest BCUT2D eigenvalue weighted by Crippen LogP contribution is -1.83. The molecule has 2 heterocycles. The monoisotopic (exact) mass is 390 g/mol. The predicted octanol–water partition coefficient (Wildman–Crippen LogP) is 7.92. The molecule has 0 amide bonds. The summed E-state index contributed by atoms with van der Waals surface area (Å²) in [5, 5.41) is 10.7. The Hall–Kier alpha value is -3.49. The summed E-state index contributed by atoms with van der Waals surface area (Å²) >= 11 is 6.31. The fourth-order valence-electron chi connectivity index (χ4n) is 4.98. The van der Waals surface area contributed by atoms with Crippen molar-refractivity contribution >= 4 is 76.8 Å². The molecule has 0 aliphatic rings. The van der Waals surface area contributed by atoms with E-state index >= 15 is 0 Å². The molecule has 0 aliphatic heterocycles. The molecule has 0 atom stereocenters. The number of para-hydroxylation sites is 1. The van der Waals surface area contributed by atoms with Gasteiger partial charge in [-0.3, -0.25) is 0 Å². The molecule has 136 valence electrons. The van der Waals surface area contributed by atoms with Crippen LogP contribution in [-0.4, -0.2) is 9.97 Å². The number of fused-ring (bicyclic) bond motifs is 12. The van der Waals surface area contributed by atoms with Gasteiger partial charge in [-0.1, -0.05) is 72.3 Å². The zero-order valence-corrected chi connectivity index (χ0v) is 16.1. The van der Waals surface area contributed by atoms with E-state index < -0.39 is 0 Å². The van der Waals surface area contributed by atoms with Gasteiger partial charge in [0, 0.05) is 43.0 Å². The number of halogens is 1. The number of H-pyrrole nitrogens is 2. The molecule has 0 bridgehead atoms. The summed E-state index contributed by atoms with van der Waals surface area (Å²) in [6.07, 6.45) is 0. The summed E-state index contributed by atoms with van der Waals surface area (Å²) in [6, 6.07) is 27.8. The molecule has 3 heteroatoms. The van der Waals surface area contributed by atoms with E-state index in [2.05, 4.69) is 76.7 Å². The quantitative estimate of drug-likeness (QED) is 0.246. The first-order valence-corrected chi connectivity index (χ1v) is 10.1. The third-order valence-electron chi connectivity index (χ3n) is 6.18. The second kappa shape index (κ2) is 5.31. The van der Waals surface area contributed by atoms with Gasteiger partial charge in [0.2, 0.25) is 0 Å². The van der Waals surface area contributed by atoms with E-state index in [0.717, 1.165) is 21.6 Å². The third kappa shape index (κ3) is 1.92. The molecule has 0 saturated carbocycles. The average Bonchev–Trinajstić information content (AvgIpc) is 3.31. The van der Waals surface area contributed by atoms with Crippen LogP contribution in [0.1, 0.15) is 0 Å². The van der Waals surface area contributed by atoms with E-state index in [-0.39, 0.29) is 0 Å². The molecule has 2 N–H and O–H groups in total. The minimum Gasteiger partial charge on any atom is -0.354 e. The Kier molecular flexibility index (Phi) is 2.83. The zero-order chi connectivity index (χ0) is 19.1. The number of benzene rings is 5. The Balaban J connectivity index is 1.87. The van der Waals surface area contributed by atoms with Crippen LogP contribution in [0.2, 0.25) is 5.02 Å². The molecule has 0 aliphatic carbocycles. The van der Waals surface area contributed by atoms with Crippen LogP contribution in [-0.2, 0) is 0 Å². The van der Waals surface area contributed by atoms with Gasteiger partial charge in [-0.05, 0) is 34.4 Å². The predicted molar refractivity (Wildman–Crippen MR) is 125 cm³/mol. The highest BCUT2D eigenvalue weighted by molar-refractivity contribution is 6.37. The van der Waals surface area contributed by atoms with Gasteiger partial charge in [0.15, 0.2) is 0 Å². The third-order valence-corrected chi connectivity index (χ3v) is 6.41. The van der Waals surface area contributed by atoms with Crippen LogP contribution >= 0.6 is 11.6 Å². The van der Waals surface area contributed by atoms with Gasteiger partial charge in [-0.25, -0.2) is 0 Å². The molecule has 2 nitrogen and oxygen atoms in total. The Morgan fingerprint density at radius 1 is 0.483 bits per heavy atom. The van der Waals surface area contributed by atoms with Crippen LogP contribution in [0.15, 0.2) is 78.9 Å². The number of aromatic nitrogens is 2. The Morgan fingerprint density at radius 2 is 1.14 bits per heavy atom. The highest BCUT2D eigenvalue weighted by Crippen LogP contribution is 2.42. The molecule has 0 spiro atoms. The van der Waals surface area contributed by atoms with Crippen molar-refractivity contribution in [2.24, 2.45) is 0 Å². The van der Waals surface area contributed by atoms with Crippen molar-refractivity contribution in [1.29, 1.82) is 0 Å². The topological polar surface area (TPSA) is 31.6 Å². The molecule has 0 radical (unpaired) electrons. The van der Waals surface area contributed by atoms with E-state index in [1.807, 2.05) is 12.1 Å². The summed E-state index contributed by atoms with van der Waals surface area (Å²) in [5.41, 5.74) is 4.57. The van der Waals surface area contributed by atoms with Crippen molar-refractivity contribution in [1.82, 2.24) is 9.97 Å². The van der Waals surface area contributed by atoms with Gasteiger partial charge in [-0.15, -0.1) is 0 Å². The van der Waals surface area contributed by atoms with E-state index in [1.165, 1.54) is 48.6 Å². The highest BCUT2D eigenvalue weighted by atomic mass is 35.5. The number of hydrogen-bond acceptors (Lipinski definition) is 0. The number of hydrogen-bond donors (Lipinski definition) is 2. The molecular formula is C26H15ClN2. The second-order valence-corrected chi connectivity index (χ2v) is 8.13. The molecule has 0 unspecified atom stereocenters. The van der Waals surface area contributed by atoms with Crippen molar-refractivity contribution in [3.63, 3.8) is 0 Å². The fourth-order valence-corrected chi connectivity index (χ4v) is 5.15. The SMILES string of the molecule is Clc1ccc2c(c1)[nH]c1c2c2ccccc2c2ccc3c4ccccc4[nH]c3c21. The molecule has 0 fully saturated rings. The van der Waals surface area contributed by atoms with Gasteiger partial charge in [0.1, 0.15) is 0 Å². The minimum atomic E-state index is 0.744. The first-order valence-electron chi connectivity index (χ1n) is 9.74. The number of aromatic amines is 2. The molecular weight excluding hydrogens is 376 g/mol. The van der Waals surface area contributed by atoms with Gasteiger partial charge >= 0.3 is 0 Å².